The lowest BCUT2D eigenvalue weighted by molar-refractivity contribution is 0.336. The SMILES string of the molecule is C[C@@H](NCc1cnn(C(C)(C)C)c1)C1CCCCCC1. The molecule has 0 unspecified atom stereocenters. The minimum absolute atomic E-state index is 0.0746. The monoisotopic (exact) mass is 277 g/mol. The molecule has 1 atom stereocenters. The van der Waals surface area contributed by atoms with Crippen LogP contribution in [0.1, 0.15) is 71.8 Å². The first-order chi connectivity index (χ1) is 9.47. The molecule has 0 amide bonds. The fourth-order valence-corrected chi connectivity index (χ4v) is 3.07. The molecule has 3 heteroatoms. The quantitative estimate of drug-likeness (QED) is 0.840. The van der Waals surface area contributed by atoms with E-state index in [4.69, 9.17) is 0 Å². The summed E-state index contributed by atoms with van der Waals surface area (Å²) >= 11 is 0. The van der Waals surface area contributed by atoms with Gasteiger partial charge in [0.1, 0.15) is 0 Å². The Hall–Kier alpha value is -0.830. The van der Waals surface area contributed by atoms with Gasteiger partial charge in [-0.25, -0.2) is 0 Å². The first-order valence-corrected chi connectivity index (χ1v) is 8.24. The Labute approximate surface area is 124 Å². The van der Waals surface area contributed by atoms with Crippen LogP contribution in [0.25, 0.3) is 0 Å². The van der Waals surface area contributed by atoms with Gasteiger partial charge in [-0.2, -0.15) is 5.10 Å². The predicted molar refractivity (Wildman–Crippen MR) is 84.7 cm³/mol. The van der Waals surface area contributed by atoms with E-state index in [1.165, 1.54) is 44.1 Å². The predicted octanol–water partition coefficient (Wildman–Crippen LogP) is 4.09. The Morgan fingerprint density at radius 2 is 1.90 bits per heavy atom. The largest absolute Gasteiger partial charge is 0.310 e. The number of nitrogens with one attached hydrogen (secondary N) is 1. The van der Waals surface area contributed by atoms with Crippen molar-refractivity contribution in [3.8, 4) is 0 Å². The van der Waals surface area contributed by atoms with Gasteiger partial charge in [-0.1, -0.05) is 25.7 Å². The van der Waals surface area contributed by atoms with Crippen molar-refractivity contribution in [2.24, 2.45) is 5.92 Å². The molecule has 1 aromatic heterocycles. The summed E-state index contributed by atoms with van der Waals surface area (Å²) in [5, 5.41) is 8.18. The van der Waals surface area contributed by atoms with Gasteiger partial charge in [0, 0.05) is 24.3 Å². The molecule has 0 saturated heterocycles. The highest BCUT2D eigenvalue weighted by Gasteiger charge is 2.19. The first-order valence-electron chi connectivity index (χ1n) is 8.24. The number of rotatable bonds is 4. The lowest BCUT2D eigenvalue weighted by Crippen LogP contribution is -2.32. The smallest absolute Gasteiger partial charge is 0.0543 e. The van der Waals surface area contributed by atoms with E-state index in [9.17, 15) is 0 Å². The van der Waals surface area contributed by atoms with Crippen molar-refractivity contribution in [2.75, 3.05) is 0 Å². The van der Waals surface area contributed by atoms with E-state index in [0.29, 0.717) is 6.04 Å². The Kier molecular flexibility index (Phi) is 5.25. The minimum atomic E-state index is 0.0746. The highest BCUT2D eigenvalue weighted by atomic mass is 15.3. The molecule has 1 fully saturated rings. The highest BCUT2D eigenvalue weighted by Crippen LogP contribution is 2.25. The lowest BCUT2D eigenvalue weighted by atomic mass is 9.93. The third-order valence-corrected chi connectivity index (χ3v) is 4.56. The van der Waals surface area contributed by atoms with Crippen LogP contribution in [0.2, 0.25) is 0 Å². The van der Waals surface area contributed by atoms with Gasteiger partial charge in [0.15, 0.2) is 0 Å². The maximum atomic E-state index is 4.47. The van der Waals surface area contributed by atoms with E-state index in [0.717, 1.165) is 12.5 Å². The zero-order chi connectivity index (χ0) is 14.6. The molecule has 1 aliphatic carbocycles. The molecule has 1 aromatic rings. The normalized spacial score (nSPS) is 19.8. The molecule has 3 nitrogen and oxygen atoms in total. The maximum Gasteiger partial charge on any atom is 0.0543 e. The molecule has 1 heterocycles. The Morgan fingerprint density at radius 1 is 1.25 bits per heavy atom. The van der Waals surface area contributed by atoms with Gasteiger partial charge in [-0.05, 0) is 46.5 Å². The van der Waals surface area contributed by atoms with E-state index in [1.807, 2.05) is 6.20 Å². The van der Waals surface area contributed by atoms with Gasteiger partial charge in [0.05, 0.1) is 11.7 Å². The van der Waals surface area contributed by atoms with Crippen molar-refractivity contribution >= 4 is 0 Å². The molecular formula is C17H31N3. The van der Waals surface area contributed by atoms with Crippen LogP contribution in [-0.2, 0) is 12.1 Å². The third-order valence-electron chi connectivity index (χ3n) is 4.56. The number of hydrogen-bond donors (Lipinski definition) is 1. The summed E-state index contributed by atoms with van der Waals surface area (Å²) < 4.78 is 2.06. The third kappa shape index (κ3) is 4.34. The maximum absolute atomic E-state index is 4.47. The van der Waals surface area contributed by atoms with Gasteiger partial charge < -0.3 is 5.32 Å². The average Bonchev–Trinajstić information content (AvgIpc) is 2.70. The van der Waals surface area contributed by atoms with Crippen molar-refractivity contribution in [3.05, 3.63) is 18.0 Å². The van der Waals surface area contributed by atoms with Crippen LogP contribution in [0.3, 0.4) is 0 Å². The molecule has 1 N–H and O–H groups in total. The van der Waals surface area contributed by atoms with Crippen molar-refractivity contribution in [1.82, 2.24) is 15.1 Å². The van der Waals surface area contributed by atoms with Crippen LogP contribution < -0.4 is 5.32 Å². The number of aromatic nitrogens is 2. The van der Waals surface area contributed by atoms with Crippen molar-refractivity contribution < 1.29 is 0 Å². The van der Waals surface area contributed by atoms with Gasteiger partial charge in [0.25, 0.3) is 0 Å². The second kappa shape index (κ2) is 6.75. The number of nitrogens with zero attached hydrogens (tertiary/aromatic N) is 2. The molecule has 0 aromatic carbocycles. The Balaban J connectivity index is 1.83. The zero-order valence-electron chi connectivity index (χ0n) is 13.7. The molecule has 0 radical (unpaired) electrons. The summed E-state index contributed by atoms with van der Waals surface area (Å²) in [4.78, 5) is 0. The van der Waals surface area contributed by atoms with Crippen molar-refractivity contribution in [3.63, 3.8) is 0 Å². The zero-order valence-corrected chi connectivity index (χ0v) is 13.7. The van der Waals surface area contributed by atoms with Gasteiger partial charge in [0.2, 0.25) is 0 Å². The summed E-state index contributed by atoms with van der Waals surface area (Å²) in [5.41, 5.74) is 1.37. The molecule has 0 aliphatic heterocycles. The van der Waals surface area contributed by atoms with Crippen LogP contribution in [0.5, 0.6) is 0 Å². The Morgan fingerprint density at radius 3 is 2.45 bits per heavy atom. The van der Waals surface area contributed by atoms with Crippen molar-refractivity contribution in [1.29, 1.82) is 0 Å². The minimum Gasteiger partial charge on any atom is -0.310 e. The summed E-state index contributed by atoms with van der Waals surface area (Å²) in [6.07, 6.45) is 12.7. The molecule has 2 rings (SSSR count). The number of hydrogen-bond acceptors (Lipinski definition) is 2. The lowest BCUT2D eigenvalue weighted by Gasteiger charge is -2.23. The van der Waals surface area contributed by atoms with Crippen LogP contribution in [-0.4, -0.2) is 15.8 Å². The van der Waals surface area contributed by atoms with Crippen LogP contribution in [0.15, 0.2) is 12.4 Å². The topological polar surface area (TPSA) is 29.9 Å². The van der Waals surface area contributed by atoms with Crippen LogP contribution >= 0.6 is 0 Å². The highest BCUT2D eigenvalue weighted by molar-refractivity contribution is 5.05. The van der Waals surface area contributed by atoms with E-state index < -0.39 is 0 Å². The van der Waals surface area contributed by atoms with E-state index in [2.05, 4.69) is 49.0 Å². The van der Waals surface area contributed by atoms with E-state index in [1.54, 1.807) is 0 Å². The summed E-state index contributed by atoms with van der Waals surface area (Å²) in [7, 11) is 0. The van der Waals surface area contributed by atoms with Gasteiger partial charge >= 0.3 is 0 Å². The molecule has 0 bridgehead atoms. The fourth-order valence-electron chi connectivity index (χ4n) is 3.07. The molecule has 1 aliphatic rings. The summed E-state index contributed by atoms with van der Waals surface area (Å²) in [5.74, 6) is 0.857. The van der Waals surface area contributed by atoms with E-state index in [-0.39, 0.29) is 5.54 Å². The standard InChI is InChI=1S/C17H31N3/c1-14(16-9-7-5-6-8-10-16)18-11-15-12-19-20(13-15)17(2,3)4/h12-14,16,18H,5-11H2,1-4H3/t14-/m1/s1. The summed E-state index contributed by atoms with van der Waals surface area (Å²) in [6.45, 7) is 9.85. The van der Waals surface area contributed by atoms with Crippen LogP contribution in [0, 0.1) is 5.92 Å². The van der Waals surface area contributed by atoms with Crippen molar-refractivity contribution in [2.45, 2.75) is 84.3 Å². The molecule has 114 valence electrons. The molecule has 20 heavy (non-hydrogen) atoms. The second-order valence-electron chi connectivity index (χ2n) is 7.39. The Bertz CT molecular complexity index is 395. The van der Waals surface area contributed by atoms with Crippen LogP contribution in [0.4, 0.5) is 0 Å². The molecular weight excluding hydrogens is 246 g/mol. The summed E-state index contributed by atoms with van der Waals surface area (Å²) in [6, 6.07) is 0.617. The average molecular weight is 277 g/mol. The fraction of sp³-hybridized carbons (Fsp3) is 0.824. The first kappa shape index (κ1) is 15.6. The van der Waals surface area contributed by atoms with Gasteiger partial charge in [-0.3, -0.25) is 4.68 Å². The molecule has 0 spiro atoms. The second-order valence-corrected chi connectivity index (χ2v) is 7.39. The van der Waals surface area contributed by atoms with Gasteiger partial charge in [-0.15, -0.1) is 0 Å². The molecule has 1 saturated carbocycles. The van der Waals surface area contributed by atoms with E-state index >= 15 is 0 Å².